The van der Waals surface area contributed by atoms with Gasteiger partial charge in [0.25, 0.3) is 0 Å². The van der Waals surface area contributed by atoms with Gasteiger partial charge in [-0.2, -0.15) is 0 Å². The first kappa shape index (κ1) is 14.5. The highest BCUT2D eigenvalue weighted by Gasteiger charge is 2.42. The van der Waals surface area contributed by atoms with Gasteiger partial charge in [-0.05, 0) is 24.8 Å². The van der Waals surface area contributed by atoms with E-state index >= 15 is 0 Å². The zero-order chi connectivity index (χ0) is 13.8. The highest BCUT2D eigenvalue weighted by Crippen LogP contribution is 2.34. The Morgan fingerprint density at radius 2 is 2.22 bits per heavy atom. The average molecular weight is 252 g/mol. The molecule has 100 valence electrons. The monoisotopic (exact) mass is 252 g/mol. The number of piperidine rings is 1. The first-order valence-electron chi connectivity index (χ1n) is 6.05. The van der Waals surface area contributed by atoms with Crippen molar-refractivity contribution in [2.75, 3.05) is 19.6 Å². The van der Waals surface area contributed by atoms with Crippen LogP contribution in [0.15, 0.2) is 0 Å². The molecule has 0 aromatic heterocycles. The molecule has 1 heterocycles. The van der Waals surface area contributed by atoms with Crippen molar-refractivity contribution in [3.05, 3.63) is 0 Å². The van der Waals surface area contributed by atoms with Gasteiger partial charge in [0.05, 0.1) is 13.1 Å². The number of carbonyl (C=O) groups is 2. The molecule has 0 aliphatic carbocycles. The Kier molecular flexibility index (Phi) is 4.74. The number of nitrogens with one attached hydrogen (secondary N) is 1. The van der Waals surface area contributed by atoms with Crippen LogP contribution in [0.4, 0.5) is 0 Å². The molecule has 1 amide bonds. The Morgan fingerprint density at radius 3 is 2.78 bits per heavy atom. The lowest BCUT2D eigenvalue weighted by atomic mass is 9.76. The van der Waals surface area contributed by atoms with Gasteiger partial charge in [-0.15, -0.1) is 6.42 Å². The van der Waals surface area contributed by atoms with Gasteiger partial charge in [-0.25, -0.2) is 0 Å². The first-order valence-corrected chi connectivity index (χ1v) is 6.05. The molecule has 5 heteroatoms. The van der Waals surface area contributed by atoms with E-state index in [0.29, 0.717) is 6.54 Å². The number of carboxylic acids is 1. The molecular weight excluding hydrogens is 232 g/mol. The number of likely N-dealkylation sites (tertiary alicyclic amines) is 1. The Bertz CT molecular complexity index is 371. The second-order valence-electron chi connectivity index (χ2n) is 5.28. The van der Waals surface area contributed by atoms with Crippen LogP contribution in [-0.4, -0.2) is 47.6 Å². The Balaban J connectivity index is 2.70. The van der Waals surface area contributed by atoms with Gasteiger partial charge < -0.3 is 10.4 Å². The van der Waals surface area contributed by atoms with Crippen LogP contribution in [0.3, 0.4) is 0 Å². The quantitative estimate of drug-likeness (QED) is 0.707. The average Bonchev–Trinajstić information content (AvgIpc) is 2.24. The van der Waals surface area contributed by atoms with Crippen LogP contribution >= 0.6 is 0 Å². The van der Waals surface area contributed by atoms with Gasteiger partial charge in [-0.3, -0.25) is 14.5 Å². The number of hydrogen-bond donors (Lipinski definition) is 2. The number of carboxylic acid groups (broad SMARTS) is 1. The molecule has 1 atom stereocenters. The van der Waals surface area contributed by atoms with E-state index in [0.717, 1.165) is 12.8 Å². The van der Waals surface area contributed by atoms with Crippen LogP contribution in [0.5, 0.6) is 0 Å². The molecular formula is C13H20N2O3. The second-order valence-corrected chi connectivity index (χ2v) is 5.28. The molecule has 0 aromatic carbocycles. The summed E-state index contributed by atoms with van der Waals surface area (Å²) in [4.78, 5) is 24.7. The number of carbonyl (C=O) groups excluding carboxylic acids is 1. The van der Waals surface area contributed by atoms with Crippen molar-refractivity contribution in [3.63, 3.8) is 0 Å². The lowest BCUT2D eigenvalue weighted by Crippen LogP contribution is -2.56. The fraction of sp³-hybridized carbons (Fsp3) is 0.692. The molecule has 2 N–H and O–H groups in total. The van der Waals surface area contributed by atoms with Crippen molar-refractivity contribution in [1.82, 2.24) is 10.2 Å². The Hall–Kier alpha value is -1.54. The van der Waals surface area contributed by atoms with E-state index < -0.39 is 12.0 Å². The minimum Gasteiger partial charge on any atom is -0.480 e. The van der Waals surface area contributed by atoms with E-state index in [4.69, 9.17) is 6.42 Å². The Morgan fingerprint density at radius 1 is 1.56 bits per heavy atom. The van der Waals surface area contributed by atoms with Gasteiger partial charge in [0.2, 0.25) is 5.91 Å². The lowest BCUT2D eigenvalue weighted by molar-refractivity contribution is -0.151. The van der Waals surface area contributed by atoms with Crippen LogP contribution < -0.4 is 5.32 Å². The lowest BCUT2D eigenvalue weighted by Gasteiger charge is -2.43. The second kappa shape index (κ2) is 5.87. The molecule has 1 aliphatic rings. The zero-order valence-corrected chi connectivity index (χ0v) is 10.9. The summed E-state index contributed by atoms with van der Waals surface area (Å²) < 4.78 is 0. The number of aliphatic carboxylic acids is 1. The van der Waals surface area contributed by atoms with Crippen molar-refractivity contribution < 1.29 is 14.7 Å². The van der Waals surface area contributed by atoms with Gasteiger partial charge in [0.1, 0.15) is 6.04 Å². The molecule has 1 unspecified atom stereocenters. The number of rotatable bonds is 4. The molecule has 18 heavy (non-hydrogen) atoms. The van der Waals surface area contributed by atoms with Crippen LogP contribution in [0.2, 0.25) is 0 Å². The van der Waals surface area contributed by atoms with Crippen LogP contribution in [0.1, 0.15) is 26.7 Å². The summed E-state index contributed by atoms with van der Waals surface area (Å²) in [6.07, 6.45) is 6.81. The Labute approximate surface area is 108 Å². The predicted molar refractivity (Wildman–Crippen MR) is 67.9 cm³/mol. The van der Waals surface area contributed by atoms with E-state index in [2.05, 4.69) is 11.2 Å². The standard InChI is InChI=1S/C13H20N2O3/c1-4-7-14-10(16)9-15-8-5-6-13(2,3)11(15)12(17)18/h1,11H,5-9H2,2-3H3,(H,14,16)(H,17,18). The molecule has 0 bridgehead atoms. The van der Waals surface area contributed by atoms with Gasteiger partial charge >= 0.3 is 5.97 Å². The highest BCUT2D eigenvalue weighted by molar-refractivity contribution is 5.80. The molecule has 1 fully saturated rings. The smallest absolute Gasteiger partial charge is 0.321 e. The molecule has 0 saturated carbocycles. The maximum atomic E-state index is 11.6. The summed E-state index contributed by atoms with van der Waals surface area (Å²) in [5, 5.41) is 11.9. The van der Waals surface area contributed by atoms with E-state index in [1.54, 1.807) is 4.90 Å². The number of hydrogen-bond acceptors (Lipinski definition) is 3. The van der Waals surface area contributed by atoms with E-state index in [9.17, 15) is 14.7 Å². The number of nitrogens with zero attached hydrogens (tertiary/aromatic N) is 1. The summed E-state index contributed by atoms with van der Waals surface area (Å²) in [6, 6.07) is -0.622. The molecule has 0 radical (unpaired) electrons. The predicted octanol–water partition coefficient (Wildman–Crippen LogP) is 0.311. The zero-order valence-electron chi connectivity index (χ0n) is 10.9. The summed E-state index contributed by atoms with van der Waals surface area (Å²) in [5.41, 5.74) is -0.323. The van der Waals surface area contributed by atoms with Crippen molar-refractivity contribution in [1.29, 1.82) is 0 Å². The molecule has 0 aromatic rings. The van der Waals surface area contributed by atoms with Crippen LogP contribution in [-0.2, 0) is 9.59 Å². The largest absolute Gasteiger partial charge is 0.480 e. The van der Waals surface area contributed by atoms with Crippen LogP contribution in [0, 0.1) is 17.8 Å². The minimum absolute atomic E-state index is 0.0854. The first-order chi connectivity index (χ1) is 8.38. The van der Waals surface area contributed by atoms with Gasteiger partial charge in [-0.1, -0.05) is 19.8 Å². The molecule has 0 spiro atoms. The van der Waals surface area contributed by atoms with Gasteiger partial charge in [0, 0.05) is 0 Å². The van der Waals surface area contributed by atoms with E-state index in [-0.39, 0.29) is 24.4 Å². The van der Waals surface area contributed by atoms with Crippen molar-refractivity contribution in [2.45, 2.75) is 32.7 Å². The maximum Gasteiger partial charge on any atom is 0.321 e. The van der Waals surface area contributed by atoms with E-state index in [1.165, 1.54) is 0 Å². The number of terminal acetylenes is 1. The third kappa shape index (κ3) is 3.47. The third-order valence-electron chi connectivity index (χ3n) is 3.34. The van der Waals surface area contributed by atoms with Gasteiger partial charge in [0.15, 0.2) is 0 Å². The summed E-state index contributed by atoms with van der Waals surface area (Å²) >= 11 is 0. The van der Waals surface area contributed by atoms with Crippen molar-refractivity contribution in [3.8, 4) is 12.3 Å². The molecule has 1 saturated heterocycles. The minimum atomic E-state index is -0.871. The molecule has 1 aliphatic heterocycles. The highest BCUT2D eigenvalue weighted by atomic mass is 16.4. The third-order valence-corrected chi connectivity index (χ3v) is 3.34. The molecule has 5 nitrogen and oxygen atoms in total. The van der Waals surface area contributed by atoms with Crippen LogP contribution in [0.25, 0.3) is 0 Å². The van der Waals surface area contributed by atoms with Crippen molar-refractivity contribution in [2.24, 2.45) is 5.41 Å². The maximum absolute atomic E-state index is 11.6. The summed E-state index contributed by atoms with van der Waals surface area (Å²) in [7, 11) is 0. The summed E-state index contributed by atoms with van der Waals surface area (Å²) in [6.45, 7) is 4.74. The normalized spacial score (nSPS) is 23.1. The summed E-state index contributed by atoms with van der Waals surface area (Å²) in [5.74, 6) is 1.22. The fourth-order valence-corrected chi connectivity index (χ4v) is 2.55. The van der Waals surface area contributed by atoms with Crippen molar-refractivity contribution >= 4 is 11.9 Å². The van der Waals surface area contributed by atoms with E-state index in [1.807, 2.05) is 13.8 Å². The number of amides is 1. The topological polar surface area (TPSA) is 69.6 Å². The molecule has 1 rings (SSSR count). The fourth-order valence-electron chi connectivity index (χ4n) is 2.55. The SMILES string of the molecule is C#CCNC(=O)CN1CCCC(C)(C)C1C(=O)O.